The number of hydrogen-bond donors (Lipinski definition) is 1. The van der Waals surface area contributed by atoms with E-state index in [-0.39, 0.29) is 17.5 Å². The third-order valence-electron chi connectivity index (χ3n) is 2.11. The SMILES string of the molecule is O=C1NCCC1n1ccncc1=O. The predicted molar refractivity (Wildman–Crippen MR) is 45.2 cm³/mol. The highest BCUT2D eigenvalue weighted by molar-refractivity contribution is 5.82. The summed E-state index contributed by atoms with van der Waals surface area (Å²) in [5, 5.41) is 2.68. The smallest absolute Gasteiger partial charge is 0.269 e. The maximum absolute atomic E-state index is 11.3. The number of carbonyl (C=O) groups excluding carboxylic acids is 1. The van der Waals surface area contributed by atoms with E-state index in [1.54, 1.807) is 0 Å². The molecule has 0 radical (unpaired) electrons. The van der Waals surface area contributed by atoms with Gasteiger partial charge >= 0.3 is 0 Å². The molecule has 13 heavy (non-hydrogen) atoms. The molecule has 1 saturated heterocycles. The van der Waals surface area contributed by atoms with Crippen molar-refractivity contribution >= 4 is 5.91 Å². The molecule has 1 aromatic rings. The molecule has 0 spiro atoms. The lowest BCUT2D eigenvalue weighted by Crippen LogP contribution is -2.29. The molecule has 0 aliphatic carbocycles. The molecule has 0 saturated carbocycles. The van der Waals surface area contributed by atoms with Crippen LogP contribution in [0.3, 0.4) is 0 Å². The Morgan fingerprint density at radius 2 is 2.38 bits per heavy atom. The van der Waals surface area contributed by atoms with Crippen molar-refractivity contribution in [3.63, 3.8) is 0 Å². The van der Waals surface area contributed by atoms with Gasteiger partial charge in [0.1, 0.15) is 6.04 Å². The normalized spacial score (nSPS) is 21.5. The fraction of sp³-hybridized carbons (Fsp3) is 0.375. The van der Waals surface area contributed by atoms with Crippen molar-refractivity contribution in [3.8, 4) is 0 Å². The summed E-state index contributed by atoms with van der Waals surface area (Å²) < 4.78 is 1.41. The van der Waals surface area contributed by atoms with E-state index < -0.39 is 0 Å². The first-order valence-corrected chi connectivity index (χ1v) is 4.09. The summed E-state index contributed by atoms with van der Waals surface area (Å²) in [4.78, 5) is 26.2. The molecule has 1 aliphatic heterocycles. The van der Waals surface area contributed by atoms with Crippen molar-refractivity contribution in [3.05, 3.63) is 28.9 Å². The Labute approximate surface area is 74.4 Å². The van der Waals surface area contributed by atoms with Gasteiger partial charge in [-0.15, -0.1) is 0 Å². The number of hydrogen-bond acceptors (Lipinski definition) is 3. The van der Waals surface area contributed by atoms with Gasteiger partial charge in [0.05, 0.1) is 6.20 Å². The molecule has 1 atom stereocenters. The Bertz CT molecular complexity index is 385. The molecule has 1 aromatic heterocycles. The molecule has 1 aliphatic rings. The van der Waals surface area contributed by atoms with Gasteiger partial charge in [-0.25, -0.2) is 0 Å². The van der Waals surface area contributed by atoms with Gasteiger partial charge in [0.2, 0.25) is 5.91 Å². The Kier molecular flexibility index (Phi) is 1.84. The van der Waals surface area contributed by atoms with E-state index in [0.29, 0.717) is 13.0 Å². The Balaban J connectivity index is 2.40. The fourth-order valence-corrected chi connectivity index (χ4v) is 1.46. The van der Waals surface area contributed by atoms with E-state index in [4.69, 9.17) is 0 Å². The van der Waals surface area contributed by atoms with Gasteiger partial charge in [0.15, 0.2) is 0 Å². The zero-order valence-corrected chi connectivity index (χ0v) is 6.93. The first-order chi connectivity index (χ1) is 6.29. The second-order valence-corrected chi connectivity index (χ2v) is 2.92. The van der Waals surface area contributed by atoms with Gasteiger partial charge in [-0.1, -0.05) is 0 Å². The van der Waals surface area contributed by atoms with Crippen molar-refractivity contribution in [2.45, 2.75) is 12.5 Å². The number of carbonyl (C=O) groups is 1. The summed E-state index contributed by atoms with van der Waals surface area (Å²) in [7, 11) is 0. The molecule has 5 heteroatoms. The zero-order chi connectivity index (χ0) is 9.26. The lowest BCUT2D eigenvalue weighted by molar-refractivity contribution is -0.121. The lowest BCUT2D eigenvalue weighted by Gasteiger charge is -2.08. The van der Waals surface area contributed by atoms with Crippen LogP contribution in [-0.4, -0.2) is 22.0 Å². The van der Waals surface area contributed by atoms with E-state index in [2.05, 4.69) is 10.3 Å². The number of nitrogens with zero attached hydrogens (tertiary/aromatic N) is 2. The molecule has 2 rings (SSSR count). The van der Waals surface area contributed by atoms with Gasteiger partial charge in [0, 0.05) is 18.9 Å². The lowest BCUT2D eigenvalue weighted by atomic mass is 10.2. The van der Waals surface area contributed by atoms with E-state index in [1.807, 2.05) is 0 Å². The first kappa shape index (κ1) is 7.97. The molecule has 5 nitrogen and oxygen atoms in total. The van der Waals surface area contributed by atoms with Crippen LogP contribution < -0.4 is 10.9 Å². The van der Waals surface area contributed by atoms with Gasteiger partial charge in [-0.2, -0.15) is 0 Å². The van der Waals surface area contributed by atoms with E-state index in [1.165, 1.54) is 23.2 Å². The van der Waals surface area contributed by atoms with Gasteiger partial charge in [-0.05, 0) is 6.42 Å². The van der Waals surface area contributed by atoms with Crippen molar-refractivity contribution in [1.29, 1.82) is 0 Å². The second-order valence-electron chi connectivity index (χ2n) is 2.92. The minimum Gasteiger partial charge on any atom is -0.354 e. The third kappa shape index (κ3) is 1.32. The van der Waals surface area contributed by atoms with Crippen LogP contribution in [0, 0.1) is 0 Å². The third-order valence-corrected chi connectivity index (χ3v) is 2.11. The minimum atomic E-state index is -0.351. The molecule has 68 valence electrons. The summed E-state index contributed by atoms with van der Waals surface area (Å²) in [5.41, 5.74) is -0.232. The Morgan fingerprint density at radius 3 is 3.00 bits per heavy atom. The Hall–Kier alpha value is -1.65. The van der Waals surface area contributed by atoms with Crippen LogP contribution >= 0.6 is 0 Å². The van der Waals surface area contributed by atoms with Crippen LogP contribution in [0.1, 0.15) is 12.5 Å². The van der Waals surface area contributed by atoms with Crippen LogP contribution in [0.15, 0.2) is 23.4 Å². The van der Waals surface area contributed by atoms with Gasteiger partial charge in [-0.3, -0.25) is 14.6 Å². The summed E-state index contributed by atoms with van der Waals surface area (Å²) in [6.07, 6.45) is 4.93. The number of aromatic nitrogens is 2. The average Bonchev–Trinajstić information content (AvgIpc) is 2.52. The average molecular weight is 179 g/mol. The fourth-order valence-electron chi connectivity index (χ4n) is 1.46. The molecule has 1 fully saturated rings. The summed E-state index contributed by atoms with van der Waals surface area (Å²) in [6.45, 7) is 0.637. The van der Waals surface area contributed by atoms with Crippen molar-refractivity contribution < 1.29 is 4.79 Å². The van der Waals surface area contributed by atoms with Gasteiger partial charge < -0.3 is 9.88 Å². The van der Waals surface area contributed by atoms with E-state index in [0.717, 1.165) is 0 Å². The number of rotatable bonds is 1. The van der Waals surface area contributed by atoms with Crippen LogP contribution in [0.4, 0.5) is 0 Å². The standard InChI is InChI=1S/C8H9N3O2/c12-7-5-9-3-4-11(7)6-1-2-10-8(6)13/h3-6H,1-2H2,(H,10,13). The molecular weight excluding hydrogens is 170 g/mol. The maximum Gasteiger partial charge on any atom is 0.269 e. The molecule has 1 unspecified atom stereocenters. The van der Waals surface area contributed by atoms with Crippen LogP contribution in [0.25, 0.3) is 0 Å². The molecule has 1 amide bonds. The van der Waals surface area contributed by atoms with Crippen LogP contribution in [0.5, 0.6) is 0 Å². The number of nitrogens with one attached hydrogen (secondary N) is 1. The summed E-state index contributed by atoms with van der Waals surface area (Å²) >= 11 is 0. The first-order valence-electron chi connectivity index (χ1n) is 4.09. The zero-order valence-electron chi connectivity index (χ0n) is 6.93. The molecular formula is C8H9N3O2. The van der Waals surface area contributed by atoms with Crippen LogP contribution in [0.2, 0.25) is 0 Å². The Morgan fingerprint density at radius 1 is 1.54 bits per heavy atom. The molecule has 1 N–H and O–H groups in total. The second kappa shape index (κ2) is 3.01. The van der Waals surface area contributed by atoms with Crippen molar-refractivity contribution in [1.82, 2.24) is 14.9 Å². The highest BCUT2D eigenvalue weighted by atomic mass is 16.2. The molecule has 2 heterocycles. The largest absolute Gasteiger partial charge is 0.354 e. The molecule has 0 bridgehead atoms. The predicted octanol–water partition coefficient (Wildman–Crippen LogP) is -0.696. The summed E-state index contributed by atoms with van der Waals surface area (Å²) in [5.74, 6) is -0.0895. The highest BCUT2D eigenvalue weighted by Crippen LogP contribution is 2.12. The van der Waals surface area contributed by atoms with E-state index in [9.17, 15) is 9.59 Å². The monoisotopic (exact) mass is 179 g/mol. The highest BCUT2D eigenvalue weighted by Gasteiger charge is 2.25. The number of amides is 1. The maximum atomic E-state index is 11.3. The van der Waals surface area contributed by atoms with Crippen molar-refractivity contribution in [2.75, 3.05) is 6.54 Å². The van der Waals surface area contributed by atoms with Crippen LogP contribution in [-0.2, 0) is 4.79 Å². The minimum absolute atomic E-state index is 0.0895. The van der Waals surface area contributed by atoms with Gasteiger partial charge in [0.25, 0.3) is 5.56 Å². The quantitative estimate of drug-likeness (QED) is 0.620. The summed E-state index contributed by atoms with van der Waals surface area (Å²) in [6, 6.07) is -0.351. The topological polar surface area (TPSA) is 64.0 Å². The molecule has 0 aromatic carbocycles. The van der Waals surface area contributed by atoms with E-state index >= 15 is 0 Å². The van der Waals surface area contributed by atoms with Crippen molar-refractivity contribution in [2.24, 2.45) is 0 Å².